The van der Waals surface area contributed by atoms with Crippen molar-refractivity contribution in [2.24, 2.45) is 5.92 Å². The molecular formula is C15H24N2O3. The fourth-order valence-corrected chi connectivity index (χ4v) is 2.09. The largest absolute Gasteiger partial charge is 0.497 e. The summed E-state index contributed by atoms with van der Waals surface area (Å²) >= 11 is 0. The minimum atomic E-state index is -0.372. The van der Waals surface area contributed by atoms with Crippen LogP contribution in [-0.2, 0) is 0 Å². The second-order valence-electron chi connectivity index (χ2n) is 5.51. The zero-order valence-corrected chi connectivity index (χ0v) is 12.7. The molecule has 0 aliphatic carbocycles. The molecule has 112 valence electrons. The molecule has 0 saturated heterocycles. The first-order valence-electron chi connectivity index (χ1n) is 7.03. The van der Waals surface area contributed by atoms with Crippen LogP contribution in [0.4, 0.5) is 11.4 Å². The van der Waals surface area contributed by atoms with Gasteiger partial charge in [-0.15, -0.1) is 0 Å². The van der Waals surface area contributed by atoms with Crippen LogP contribution in [0.1, 0.15) is 40.0 Å². The van der Waals surface area contributed by atoms with Crippen molar-refractivity contribution in [2.45, 2.75) is 46.1 Å². The molecule has 0 aromatic heterocycles. The molecule has 0 fully saturated rings. The summed E-state index contributed by atoms with van der Waals surface area (Å²) in [5.41, 5.74) is 0.605. The minimum absolute atomic E-state index is 0.0847. The third-order valence-electron chi connectivity index (χ3n) is 3.22. The second kappa shape index (κ2) is 7.72. The van der Waals surface area contributed by atoms with Crippen molar-refractivity contribution in [3.8, 4) is 5.75 Å². The molecule has 1 aromatic rings. The van der Waals surface area contributed by atoms with Gasteiger partial charge < -0.3 is 10.1 Å². The number of nitrogens with one attached hydrogen (secondary N) is 1. The summed E-state index contributed by atoms with van der Waals surface area (Å²) in [7, 11) is 1.55. The zero-order chi connectivity index (χ0) is 15.1. The summed E-state index contributed by atoms with van der Waals surface area (Å²) in [5, 5.41) is 14.2. The van der Waals surface area contributed by atoms with Crippen molar-refractivity contribution in [1.29, 1.82) is 0 Å². The SMILES string of the molecule is COc1ccc([N+](=O)[O-])c(NC(C)CCCC(C)C)c1. The molecule has 0 bridgehead atoms. The fraction of sp³-hybridized carbons (Fsp3) is 0.600. The van der Waals surface area contributed by atoms with Crippen molar-refractivity contribution >= 4 is 11.4 Å². The van der Waals surface area contributed by atoms with Crippen molar-refractivity contribution in [2.75, 3.05) is 12.4 Å². The monoisotopic (exact) mass is 280 g/mol. The zero-order valence-electron chi connectivity index (χ0n) is 12.7. The maximum atomic E-state index is 11.0. The number of benzene rings is 1. The van der Waals surface area contributed by atoms with Crippen LogP contribution in [0.25, 0.3) is 0 Å². The van der Waals surface area contributed by atoms with Crippen LogP contribution < -0.4 is 10.1 Å². The van der Waals surface area contributed by atoms with E-state index < -0.39 is 0 Å². The molecule has 1 unspecified atom stereocenters. The Morgan fingerprint density at radius 3 is 2.55 bits per heavy atom. The van der Waals surface area contributed by atoms with E-state index in [2.05, 4.69) is 19.2 Å². The van der Waals surface area contributed by atoms with E-state index in [1.807, 2.05) is 6.92 Å². The van der Waals surface area contributed by atoms with Crippen LogP contribution in [0.5, 0.6) is 5.75 Å². The second-order valence-corrected chi connectivity index (χ2v) is 5.51. The van der Waals surface area contributed by atoms with E-state index in [1.54, 1.807) is 19.2 Å². The molecule has 0 aliphatic rings. The summed E-state index contributed by atoms with van der Waals surface area (Å²) in [6.07, 6.45) is 3.28. The van der Waals surface area contributed by atoms with Gasteiger partial charge in [-0.25, -0.2) is 0 Å². The topological polar surface area (TPSA) is 64.4 Å². The van der Waals surface area contributed by atoms with Gasteiger partial charge in [0.15, 0.2) is 0 Å². The Hall–Kier alpha value is -1.78. The third-order valence-corrected chi connectivity index (χ3v) is 3.22. The number of methoxy groups -OCH3 is 1. The van der Waals surface area contributed by atoms with Gasteiger partial charge in [0, 0.05) is 18.2 Å². The summed E-state index contributed by atoms with van der Waals surface area (Å²) in [6.45, 7) is 6.44. The molecule has 1 rings (SSSR count). The van der Waals surface area contributed by atoms with Gasteiger partial charge in [-0.1, -0.05) is 26.7 Å². The van der Waals surface area contributed by atoms with Gasteiger partial charge in [-0.05, 0) is 25.3 Å². The molecular weight excluding hydrogens is 256 g/mol. The Labute approximate surface area is 120 Å². The molecule has 0 amide bonds. The molecule has 1 aromatic carbocycles. The van der Waals surface area contributed by atoms with E-state index in [-0.39, 0.29) is 16.7 Å². The van der Waals surface area contributed by atoms with E-state index in [4.69, 9.17) is 4.74 Å². The highest BCUT2D eigenvalue weighted by Gasteiger charge is 2.16. The van der Waals surface area contributed by atoms with E-state index in [1.165, 1.54) is 12.5 Å². The Morgan fingerprint density at radius 2 is 2.00 bits per heavy atom. The molecule has 0 heterocycles. The van der Waals surface area contributed by atoms with Crippen LogP contribution in [0.15, 0.2) is 18.2 Å². The minimum Gasteiger partial charge on any atom is -0.497 e. The molecule has 1 N–H and O–H groups in total. The molecule has 5 heteroatoms. The van der Waals surface area contributed by atoms with Gasteiger partial charge in [-0.3, -0.25) is 10.1 Å². The number of nitro groups is 1. The quantitative estimate of drug-likeness (QED) is 0.571. The Morgan fingerprint density at radius 1 is 1.30 bits per heavy atom. The summed E-state index contributed by atoms with van der Waals surface area (Å²) < 4.78 is 5.12. The molecule has 0 aliphatic heterocycles. The van der Waals surface area contributed by atoms with Crippen LogP contribution in [0.3, 0.4) is 0 Å². The number of anilines is 1. The first-order valence-corrected chi connectivity index (χ1v) is 7.03. The predicted molar refractivity (Wildman–Crippen MR) is 81.4 cm³/mol. The lowest BCUT2D eigenvalue weighted by Crippen LogP contribution is -2.16. The molecule has 0 radical (unpaired) electrons. The van der Waals surface area contributed by atoms with E-state index in [0.717, 1.165) is 12.8 Å². The van der Waals surface area contributed by atoms with Gasteiger partial charge in [0.25, 0.3) is 5.69 Å². The van der Waals surface area contributed by atoms with Crippen molar-refractivity contribution in [1.82, 2.24) is 0 Å². The highest BCUT2D eigenvalue weighted by Crippen LogP contribution is 2.29. The molecule has 5 nitrogen and oxygen atoms in total. The molecule has 1 atom stereocenters. The number of rotatable bonds is 8. The molecule has 0 saturated carbocycles. The standard InChI is InChI=1S/C15H24N2O3/c1-11(2)6-5-7-12(3)16-14-10-13(20-4)8-9-15(14)17(18)19/h8-12,16H,5-7H2,1-4H3. The van der Waals surface area contributed by atoms with E-state index in [0.29, 0.717) is 17.4 Å². The number of hydrogen-bond acceptors (Lipinski definition) is 4. The maximum Gasteiger partial charge on any atom is 0.292 e. The highest BCUT2D eigenvalue weighted by molar-refractivity contribution is 5.64. The number of hydrogen-bond donors (Lipinski definition) is 1. The van der Waals surface area contributed by atoms with Crippen LogP contribution >= 0.6 is 0 Å². The van der Waals surface area contributed by atoms with Gasteiger partial charge in [0.1, 0.15) is 11.4 Å². The molecule has 0 spiro atoms. The highest BCUT2D eigenvalue weighted by atomic mass is 16.6. The van der Waals surface area contributed by atoms with Crippen molar-refractivity contribution in [3.05, 3.63) is 28.3 Å². The predicted octanol–water partition coefficient (Wildman–Crippen LogP) is 4.23. The van der Waals surface area contributed by atoms with Crippen LogP contribution in [0, 0.1) is 16.0 Å². The van der Waals surface area contributed by atoms with Gasteiger partial charge >= 0.3 is 0 Å². The fourth-order valence-electron chi connectivity index (χ4n) is 2.09. The van der Waals surface area contributed by atoms with Crippen LogP contribution in [0.2, 0.25) is 0 Å². The van der Waals surface area contributed by atoms with E-state index in [9.17, 15) is 10.1 Å². The van der Waals surface area contributed by atoms with Gasteiger partial charge in [0.2, 0.25) is 0 Å². The Bertz CT molecular complexity index is 447. The number of ether oxygens (including phenoxy) is 1. The lowest BCUT2D eigenvalue weighted by atomic mass is 10.0. The van der Waals surface area contributed by atoms with Gasteiger partial charge in [-0.2, -0.15) is 0 Å². The summed E-state index contributed by atoms with van der Waals surface area (Å²) in [4.78, 5) is 10.7. The number of nitrogens with zero attached hydrogens (tertiary/aromatic N) is 1. The molecule has 20 heavy (non-hydrogen) atoms. The van der Waals surface area contributed by atoms with Crippen LogP contribution in [-0.4, -0.2) is 18.1 Å². The first-order chi connectivity index (χ1) is 9.43. The maximum absolute atomic E-state index is 11.0. The lowest BCUT2D eigenvalue weighted by Gasteiger charge is -2.16. The average molecular weight is 280 g/mol. The third kappa shape index (κ3) is 5.07. The normalized spacial score (nSPS) is 12.2. The first kappa shape index (κ1) is 16.3. The Balaban J connectivity index is 2.71. The van der Waals surface area contributed by atoms with Crippen molar-refractivity contribution < 1.29 is 9.66 Å². The summed E-state index contributed by atoms with van der Waals surface area (Å²) in [6, 6.07) is 4.95. The van der Waals surface area contributed by atoms with Crippen molar-refractivity contribution in [3.63, 3.8) is 0 Å². The van der Waals surface area contributed by atoms with E-state index >= 15 is 0 Å². The average Bonchev–Trinajstić information content (AvgIpc) is 2.37. The summed E-state index contributed by atoms with van der Waals surface area (Å²) in [5.74, 6) is 1.31. The van der Waals surface area contributed by atoms with Gasteiger partial charge in [0.05, 0.1) is 12.0 Å². The lowest BCUT2D eigenvalue weighted by molar-refractivity contribution is -0.384. The Kier molecular flexibility index (Phi) is 6.28. The number of nitro benzene ring substituents is 1. The smallest absolute Gasteiger partial charge is 0.292 e.